The van der Waals surface area contributed by atoms with Gasteiger partial charge < -0.3 is 4.74 Å². The van der Waals surface area contributed by atoms with Crippen LogP contribution in [0.3, 0.4) is 0 Å². The number of carbonyl (C=O) groups is 1. The Labute approximate surface area is 83.3 Å². The van der Waals surface area contributed by atoms with Gasteiger partial charge in [0.15, 0.2) is 0 Å². The van der Waals surface area contributed by atoms with Crippen LogP contribution in [0, 0.1) is 0 Å². The fourth-order valence-corrected chi connectivity index (χ4v) is 1.51. The molecule has 3 nitrogen and oxygen atoms in total. The number of carbonyl (C=O) groups excluding carboxylic acids is 1. The summed E-state index contributed by atoms with van der Waals surface area (Å²) in [6.07, 6.45) is 0. The number of benzene rings is 1. The highest BCUT2D eigenvalue weighted by Crippen LogP contribution is 2.32. The van der Waals surface area contributed by atoms with E-state index in [2.05, 4.69) is 11.9 Å². The van der Waals surface area contributed by atoms with Crippen LogP contribution in [0.1, 0.15) is 18.5 Å². The Bertz CT molecular complexity index is 345. The highest BCUT2D eigenvalue weighted by atomic mass is 16.5. The second-order valence-corrected chi connectivity index (χ2v) is 3.62. The maximum absolute atomic E-state index is 10.7. The SMILES string of the molecule is CC(=O)Oc1ccc(C2CN2C)cc1. The normalized spacial score (nSPS) is 24.4. The summed E-state index contributed by atoms with van der Waals surface area (Å²) in [5.41, 5.74) is 1.28. The Hall–Kier alpha value is -1.35. The van der Waals surface area contributed by atoms with Crippen LogP contribution in [0.15, 0.2) is 24.3 Å². The molecule has 1 saturated heterocycles. The second kappa shape index (κ2) is 3.42. The lowest BCUT2D eigenvalue weighted by Gasteiger charge is -2.02. The molecule has 1 aliphatic rings. The zero-order valence-electron chi connectivity index (χ0n) is 8.36. The van der Waals surface area contributed by atoms with Gasteiger partial charge in [-0.25, -0.2) is 0 Å². The molecule has 1 fully saturated rings. The lowest BCUT2D eigenvalue weighted by atomic mass is 10.1. The number of likely N-dealkylation sites (N-methyl/N-ethyl adjacent to an activating group) is 1. The summed E-state index contributed by atoms with van der Waals surface area (Å²) in [5, 5.41) is 0. The first-order valence-electron chi connectivity index (χ1n) is 4.65. The van der Waals surface area contributed by atoms with Gasteiger partial charge in [-0.05, 0) is 24.7 Å². The third-order valence-electron chi connectivity index (χ3n) is 2.39. The fourth-order valence-electron chi connectivity index (χ4n) is 1.51. The number of esters is 1. The minimum absolute atomic E-state index is 0.277. The van der Waals surface area contributed by atoms with Crippen molar-refractivity contribution in [2.45, 2.75) is 13.0 Å². The van der Waals surface area contributed by atoms with Crippen molar-refractivity contribution in [1.29, 1.82) is 0 Å². The highest BCUT2D eigenvalue weighted by molar-refractivity contribution is 5.69. The van der Waals surface area contributed by atoms with Crippen LogP contribution in [0.25, 0.3) is 0 Å². The second-order valence-electron chi connectivity index (χ2n) is 3.62. The van der Waals surface area contributed by atoms with Crippen LogP contribution in [0.4, 0.5) is 0 Å². The van der Waals surface area contributed by atoms with E-state index in [1.54, 1.807) is 0 Å². The van der Waals surface area contributed by atoms with E-state index >= 15 is 0 Å². The van der Waals surface area contributed by atoms with Crippen molar-refractivity contribution in [3.63, 3.8) is 0 Å². The average molecular weight is 191 g/mol. The summed E-state index contributed by atoms with van der Waals surface area (Å²) >= 11 is 0. The van der Waals surface area contributed by atoms with Crippen molar-refractivity contribution in [3.8, 4) is 5.75 Å². The smallest absolute Gasteiger partial charge is 0.308 e. The molecule has 1 aromatic rings. The molecule has 1 heterocycles. The van der Waals surface area contributed by atoms with E-state index in [1.807, 2.05) is 24.3 Å². The van der Waals surface area contributed by atoms with Crippen molar-refractivity contribution in [2.75, 3.05) is 13.6 Å². The van der Waals surface area contributed by atoms with Crippen LogP contribution in [-0.4, -0.2) is 24.5 Å². The lowest BCUT2D eigenvalue weighted by molar-refractivity contribution is -0.131. The molecular weight excluding hydrogens is 178 g/mol. The molecule has 0 aromatic heterocycles. The third kappa shape index (κ3) is 1.93. The molecule has 0 N–H and O–H groups in total. The fraction of sp³-hybridized carbons (Fsp3) is 0.364. The monoisotopic (exact) mass is 191 g/mol. The number of hydrogen-bond acceptors (Lipinski definition) is 3. The Morgan fingerprint density at radius 2 is 2.00 bits per heavy atom. The highest BCUT2D eigenvalue weighted by Gasteiger charge is 2.30. The minimum Gasteiger partial charge on any atom is -0.427 e. The van der Waals surface area contributed by atoms with E-state index < -0.39 is 0 Å². The van der Waals surface area contributed by atoms with E-state index in [0.717, 1.165) is 6.54 Å². The van der Waals surface area contributed by atoms with Gasteiger partial charge in [-0.15, -0.1) is 0 Å². The van der Waals surface area contributed by atoms with Gasteiger partial charge in [-0.1, -0.05) is 12.1 Å². The minimum atomic E-state index is -0.277. The average Bonchev–Trinajstić information content (AvgIpc) is 2.83. The summed E-state index contributed by atoms with van der Waals surface area (Å²) in [7, 11) is 2.09. The molecule has 0 aliphatic carbocycles. The predicted molar refractivity (Wildman–Crippen MR) is 53.1 cm³/mol. The van der Waals surface area contributed by atoms with E-state index in [4.69, 9.17) is 4.74 Å². The first-order chi connectivity index (χ1) is 6.66. The van der Waals surface area contributed by atoms with Crippen molar-refractivity contribution < 1.29 is 9.53 Å². The molecule has 1 aromatic carbocycles. The maximum atomic E-state index is 10.7. The summed E-state index contributed by atoms with van der Waals surface area (Å²) in [4.78, 5) is 12.9. The van der Waals surface area contributed by atoms with E-state index in [-0.39, 0.29) is 5.97 Å². The molecular formula is C11H13NO2. The molecule has 0 saturated carbocycles. The van der Waals surface area contributed by atoms with Gasteiger partial charge in [0.25, 0.3) is 0 Å². The topological polar surface area (TPSA) is 29.3 Å². The number of hydrogen-bond donors (Lipinski definition) is 0. The number of nitrogens with zero attached hydrogens (tertiary/aromatic N) is 1. The summed E-state index contributed by atoms with van der Waals surface area (Å²) in [6, 6.07) is 8.24. The quantitative estimate of drug-likeness (QED) is 0.404. The van der Waals surface area contributed by atoms with Gasteiger partial charge in [0.05, 0.1) is 0 Å². The Kier molecular flexibility index (Phi) is 2.25. The Morgan fingerprint density at radius 1 is 1.43 bits per heavy atom. The van der Waals surface area contributed by atoms with E-state index in [9.17, 15) is 4.79 Å². The molecule has 3 heteroatoms. The van der Waals surface area contributed by atoms with Crippen LogP contribution < -0.4 is 4.74 Å². The summed E-state index contributed by atoms with van der Waals surface area (Å²) in [6.45, 7) is 2.52. The van der Waals surface area contributed by atoms with Crippen molar-refractivity contribution in [1.82, 2.24) is 4.90 Å². The molecule has 2 unspecified atom stereocenters. The molecule has 0 amide bonds. The molecule has 74 valence electrons. The summed E-state index contributed by atoms with van der Waals surface area (Å²) < 4.78 is 4.94. The zero-order chi connectivity index (χ0) is 10.1. The Balaban J connectivity index is 2.06. The van der Waals surface area contributed by atoms with Crippen molar-refractivity contribution in [3.05, 3.63) is 29.8 Å². The van der Waals surface area contributed by atoms with Crippen molar-refractivity contribution in [2.24, 2.45) is 0 Å². The van der Waals surface area contributed by atoms with Crippen LogP contribution in [-0.2, 0) is 4.79 Å². The molecule has 1 aliphatic heterocycles. The van der Waals surface area contributed by atoms with Gasteiger partial charge >= 0.3 is 5.97 Å². The van der Waals surface area contributed by atoms with Gasteiger partial charge in [0, 0.05) is 19.5 Å². The van der Waals surface area contributed by atoms with Gasteiger partial charge in [-0.3, -0.25) is 9.69 Å². The van der Waals surface area contributed by atoms with E-state index in [1.165, 1.54) is 12.5 Å². The maximum Gasteiger partial charge on any atom is 0.308 e. The van der Waals surface area contributed by atoms with Crippen LogP contribution in [0.5, 0.6) is 5.75 Å². The number of rotatable bonds is 2. The van der Waals surface area contributed by atoms with Gasteiger partial charge in [0.2, 0.25) is 0 Å². The third-order valence-corrected chi connectivity index (χ3v) is 2.39. The van der Waals surface area contributed by atoms with Crippen LogP contribution in [0.2, 0.25) is 0 Å². The standard InChI is InChI=1S/C11H13NO2/c1-8(13)14-10-5-3-9(4-6-10)11-7-12(11)2/h3-6,11H,7H2,1-2H3. The molecule has 2 atom stereocenters. The van der Waals surface area contributed by atoms with Gasteiger partial charge in [0.1, 0.15) is 5.75 Å². The first kappa shape index (κ1) is 9.21. The largest absolute Gasteiger partial charge is 0.427 e. The lowest BCUT2D eigenvalue weighted by Crippen LogP contribution is -2.01. The zero-order valence-corrected chi connectivity index (χ0v) is 8.36. The van der Waals surface area contributed by atoms with Crippen LogP contribution >= 0.6 is 0 Å². The molecule has 0 bridgehead atoms. The first-order valence-corrected chi connectivity index (χ1v) is 4.65. The molecule has 14 heavy (non-hydrogen) atoms. The Morgan fingerprint density at radius 3 is 2.43 bits per heavy atom. The molecule has 0 spiro atoms. The van der Waals surface area contributed by atoms with Crippen molar-refractivity contribution >= 4 is 5.97 Å². The summed E-state index contributed by atoms with van der Waals surface area (Å²) in [5.74, 6) is 0.339. The number of ether oxygens (including phenoxy) is 1. The van der Waals surface area contributed by atoms with E-state index in [0.29, 0.717) is 11.8 Å². The van der Waals surface area contributed by atoms with Gasteiger partial charge in [-0.2, -0.15) is 0 Å². The predicted octanol–water partition coefficient (Wildman–Crippen LogP) is 1.60. The molecule has 2 rings (SSSR count). The molecule has 0 radical (unpaired) electrons.